The molecule has 19 heavy (non-hydrogen) atoms. The zero-order chi connectivity index (χ0) is 13.8. The lowest BCUT2D eigenvalue weighted by Crippen LogP contribution is -2.03. The van der Waals surface area contributed by atoms with Gasteiger partial charge >= 0.3 is 0 Å². The molecule has 0 radical (unpaired) electrons. The predicted molar refractivity (Wildman–Crippen MR) is 65.0 cm³/mol. The number of nitrogens with two attached hydrogens (primary N) is 1. The third kappa shape index (κ3) is 3.06. The van der Waals surface area contributed by atoms with Gasteiger partial charge in [-0.05, 0) is 23.8 Å². The Morgan fingerprint density at radius 1 is 1.00 bits per heavy atom. The average Bonchev–Trinajstić information content (AvgIpc) is 2.41. The molecule has 0 spiro atoms. The monoisotopic (exact) mass is 267 g/mol. The van der Waals surface area contributed by atoms with E-state index >= 15 is 0 Å². The molecule has 2 nitrogen and oxygen atoms in total. The summed E-state index contributed by atoms with van der Waals surface area (Å²) in [6.45, 7) is -0.0296. The molecule has 0 fully saturated rings. The summed E-state index contributed by atoms with van der Waals surface area (Å²) in [4.78, 5) is 0. The largest absolute Gasteiger partial charge is 0.486 e. The molecule has 2 rings (SSSR count). The van der Waals surface area contributed by atoms with Crippen LogP contribution >= 0.6 is 0 Å². The quantitative estimate of drug-likeness (QED) is 0.923. The smallest absolute Gasteiger partial charge is 0.165 e. The van der Waals surface area contributed by atoms with Crippen LogP contribution in [0.2, 0.25) is 0 Å². The van der Waals surface area contributed by atoms with E-state index < -0.39 is 17.5 Å². The third-order valence-electron chi connectivity index (χ3n) is 2.65. The zero-order valence-corrected chi connectivity index (χ0v) is 10.00. The lowest BCUT2D eigenvalue weighted by Gasteiger charge is -2.09. The average molecular weight is 267 g/mol. The van der Waals surface area contributed by atoms with E-state index in [2.05, 4.69) is 0 Å². The Morgan fingerprint density at radius 2 is 1.79 bits per heavy atom. The first-order chi connectivity index (χ1) is 9.11. The van der Waals surface area contributed by atoms with E-state index in [4.69, 9.17) is 10.5 Å². The van der Waals surface area contributed by atoms with Crippen molar-refractivity contribution in [2.75, 3.05) is 0 Å². The van der Waals surface area contributed by atoms with Crippen molar-refractivity contribution in [2.45, 2.75) is 13.2 Å². The van der Waals surface area contributed by atoms with Gasteiger partial charge in [0.15, 0.2) is 23.2 Å². The Morgan fingerprint density at radius 3 is 2.47 bits per heavy atom. The van der Waals surface area contributed by atoms with Crippen LogP contribution in [0.1, 0.15) is 11.1 Å². The van der Waals surface area contributed by atoms with E-state index in [9.17, 15) is 13.2 Å². The van der Waals surface area contributed by atoms with Gasteiger partial charge in [0.2, 0.25) is 0 Å². The Bertz CT molecular complexity index is 587. The number of hydrogen-bond acceptors (Lipinski definition) is 2. The molecule has 0 aromatic heterocycles. The zero-order valence-electron chi connectivity index (χ0n) is 10.00. The van der Waals surface area contributed by atoms with Crippen molar-refractivity contribution in [1.82, 2.24) is 0 Å². The van der Waals surface area contributed by atoms with Gasteiger partial charge < -0.3 is 10.5 Å². The van der Waals surface area contributed by atoms with E-state index in [1.165, 1.54) is 24.3 Å². The minimum atomic E-state index is -0.985. The van der Waals surface area contributed by atoms with E-state index in [-0.39, 0.29) is 24.5 Å². The minimum Gasteiger partial charge on any atom is -0.486 e. The second-order valence-electron chi connectivity index (χ2n) is 3.97. The van der Waals surface area contributed by atoms with E-state index in [1.807, 2.05) is 0 Å². The fraction of sp³-hybridized carbons (Fsp3) is 0.143. The van der Waals surface area contributed by atoms with E-state index in [0.29, 0.717) is 5.56 Å². The normalized spacial score (nSPS) is 10.5. The molecule has 0 saturated carbocycles. The molecular formula is C14H12F3NO. The topological polar surface area (TPSA) is 35.2 Å². The van der Waals surface area contributed by atoms with Crippen molar-refractivity contribution in [2.24, 2.45) is 5.73 Å². The van der Waals surface area contributed by atoms with Gasteiger partial charge in [-0.2, -0.15) is 0 Å². The summed E-state index contributed by atoms with van der Waals surface area (Å²) in [5, 5.41) is 0. The molecule has 0 amide bonds. The SMILES string of the molecule is NCc1ccc(OCc2cccc(F)c2F)c(F)c1. The Balaban J connectivity index is 2.12. The van der Waals surface area contributed by atoms with Gasteiger partial charge in [0, 0.05) is 12.1 Å². The standard InChI is InChI=1S/C14H12F3NO/c15-11-3-1-2-10(14(11)17)8-19-13-5-4-9(7-18)6-12(13)16/h1-6H,7-8,18H2. The number of halogens is 3. The molecule has 0 atom stereocenters. The van der Waals surface area contributed by atoms with Crippen LogP contribution in [0.4, 0.5) is 13.2 Å². The first-order valence-corrected chi connectivity index (χ1v) is 5.66. The van der Waals surface area contributed by atoms with Crippen LogP contribution in [-0.4, -0.2) is 0 Å². The summed E-state index contributed by atoms with van der Waals surface area (Å²) < 4.78 is 45.0. The van der Waals surface area contributed by atoms with Crippen LogP contribution in [0.15, 0.2) is 36.4 Å². The molecule has 0 aliphatic rings. The van der Waals surface area contributed by atoms with Gasteiger partial charge in [-0.25, -0.2) is 13.2 Å². The van der Waals surface area contributed by atoms with Crippen LogP contribution in [-0.2, 0) is 13.2 Å². The number of rotatable bonds is 4. The Kier molecular flexibility index (Phi) is 4.06. The van der Waals surface area contributed by atoms with Gasteiger partial charge in [-0.15, -0.1) is 0 Å². The van der Waals surface area contributed by atoms with Crippen molar-refractivity contribution >= 4 is 0 Å². The molecule has 100 valence electrons. The third-order valence-corrected chi connectivity index (χ3v) is 2.65. The molecule has 2 aromatic carbocycles. The molecule has 0 saturated heterocycles. The summed E-state index contributed by atoms with van der Waals surface area (Å²) in [7, 11) is 0. The fourth-order valence-corrected chi connectivity index (χ4v) is 1.60. The number of ether oxygens (including phenoxy) is 1. The molecular weight excluding hydrogens is 255 g/mol. The van der Waals surface area contributed by atoms with Gasteiger partial charge in [0.1, 0.15) is 6.61 Å². The molecule has 0 heterocycles. The summed E-state index contributed by atoms with van der Waals surface area (Å²) in [6, 6.07) is 8.03. The highest BCUT2D eigenvalue weighted by atomic mass is 19.2. The fourth-order valence-electron chi connectivity index (χ4n) is 1.60. The summed E-state index contributed by atoms with van der Waals surface area (Å²) in [5.74, 6) is -2.55. The molecule has 0 aliphatic carbocycles. The molecule has 2 aromatic rings. The number of benzene rings is 2. The summed E-state index contributed by atoms with van der Waals surface area (Å²) in [6.07, 6.45) is 0. The predicted octanol–water partition coefficient (Wildman–Crippen LogP) is 3.14. The van der Waals surface area contributed by atoms with Crippen LogP contribution in [0.25, 0.3) is 0 Å². The van der Waals surface area contributed by atoms with Crippen LogP contribution in [0.3, 0.4) is 0 Å². The van der Waals surface area contributed by atoms with E-state index in [1.54, 1.807) is 6.07 Å². The van der Waals surface area contributed by atoms with Crippen molar-refractivity contribution < 1.29 is 17.9 Å². The summed E-state index contributed by atoms with van der Waals surface area (Å²) >= 11 is 0. The highest BCUT2D eigenvalue weighted by molar-refractivity contribution is 5.29. The molecule has 0 aliphatic heterocycles. The lowest BCUT2D eigenvalue weighted by molar-refractivity contribution is 0.282. The van der Waals surface area contributed by atoms with Crippen molar-refractivity contribution in [3.05, 3.63) is 65.0 Å². The molecule has 2 N–H and O–H groups in total. The van der Waals surface area contributed by atoms with Crippen LogP contribution in [0.5, 0.6) is 5.75 Å². The Labute approximate surface area is 108 Å². The maximum absolute atomic E-state index is 13.6. The molecule has 5 heteroatoms. The van der Waals surface area contributed by atoms with Gasteiger partial charge in [0.05, 0.1) is 0 Å². The minimum absolute atomic E-state index is 0.0270. The van der Waals surface area contributed by atoms with Gasteiger partial charge in [0.25, 0.3) is 0 Å². The first-order valence-electron chi connectivity index (χ1n) is 5.66. The number of hydrogen-bond donors (Lipinski definition) is 1. The van der Waals surface area contributed by atoms with Crippen molar-refractivity contribution in [1.29, 1.82) is 0 Å². The van der Waals surface area contributed by atoms with Crippen molar-refractivity contribution in [3.8, 4) is 5.75 Å². The Hall–Kier alpha value is -2.01. The van der Waals surface area contributed by atoms with Gasteiger partial charge in [-0.1, -0.05) is 18.2 Å². The molecule has 0 bridgehead atoms. The highest BCUT2D eigenvalue weighted by Crippen LogP contribution is 2.20. The maximum atomic E-state index is 13.6. The lowest BCUT2D eigenvalue weighted by atomic mass is 10.2. The summed E-state index contributed by atoms with van der Waals surface area (Å²) in [5.41, 5.74) is 6.03. The second kappa shape index (κ2) is 5.75. The van der Waals surface area contributed by atoms with Crippen molar-refractivity contribution in [3.63, 3.8) is 0 Å². The van der Waals surface area contributed by atoms with Gasteiger partial charge in [-0.3, -0.25) is 0 Å². The second-order valence-corrected chi connectivity index (χ2v) is 3.97. The molecule has 0 unspecified atom stereocenters. The highest BCUT2D eigenvalue weighted by Gasteiger charge is 2.10. The van der Waals surface area contributed by atoms with Crippen LogP contribution < -0.4 is 10.5 Å². The van der Waals surface area contributed by atoms with E-state index in [0.717, 1.165) is 6.07 Å². The van der Waals surface area contributed by atoms with Crippen LogP contribution in [0, 0.1) is 17.5 Å². The maximum Gasteiger partial charge on any atom is 0.165 e. The first kappa shape index (κ1) is 13.4.